The molecule has 0 atom stereocenters. The van der Waals surface area contributed by atoms with E-state index in [9.17, 15) is 4.79 Å². The van der Waals surface area contributed by atoms with E-state index in [0.717, 1.165) is 5.56 Å². The third-order valence-corrected chi connectivity index (χ3v) is 1.80. The van der Waals surface area contributed by atoms with E-state index in [-0.39, 0.29) is 5.91 Å². The van der Waals surface area contributed by atoms with E-state index in [1.807, 2.05) is 25.1 Å². The molecule has 0 radical (unpaired) electrons. The molecule has 3 nitrogen and oxygen atoms in total. The number of anilines is 1. The summed E-state index contributed by atoms with van der Waals surface area (Å²) in [5, 5.41) is 2.71. The van der Waals surface area contributed by atoms with Crippen molar-refractivity contribution in [3.8, 4) is 5.75 Å². The molecule has 0 bridgehead atoms. The minimum atomic E-state index is -0.109. The first-order chi connectivity index (χ1) is 7.13. The van der Waals surface area contributed by atoms with E-state index < -0.39 is 0 Å². The molecule has 0 aliphatic carbocycles. The lowest BCUT2D eigenvalue weighted by Crippen LogP contribution is -2.08. The van der Waals surface area contributed by atoms with Crippen molar-refractivity contribution < 1.29 is 9.53 Å². The number of carbonyl (C=O) groups is 1. The highest BCUT2D eigenvalue weighted by atomic mass is 16.5. The summed E-state index contributed by atoms with van der Waals surface area (Å²) in [6.07, 6.45) is 1.67. The Labute approximate surface area is 89.8 Å². The number of carbonyl (C=O) groups excluding carboxylic acids is 1. The van der Waals surface area contributed by atoms with Crippen LogP contribution in [-0.2, 0) is 4.79 Å². The van der Waals surface area contributed by atoms with Crippen LogP contribution in [0.25, 0.3) is 0 Å². The van der Waals surface area contributed by atoms with Crippen molar-refractivity contribution in [3.05, 3.63) is 36.4 Å². The van der Waals surface area contributed by atoms with Gasteiger partial charge in [0.15, 0.2) is 0 Å². The van der Waals surface area contributed by atoms with Gasteiger partial charge in [0.25, 0.3) is 0 Å². The van der Waals surface area contributed by atoms with Crippen molar-refractivity contribution in [3.63, 3.8) is 0 Å². The molecule has 80 valence electrons. The van der Waals surface area contributed by atoms with Gasteiger partial charge in [-0.1, -0.05) is 18.7 Å². The van der Waals surface area contributed by atoms with Gasteiger partial charge in [0.2, 0.25) is 5.91 Å². The van der Waals surface area contributed by atoms with Crippen LogP contribution in [0.5, 0.6) is 5.75 Å². The Morgan fingerprint density at radius 3 is 2.93 bits per heavy atom. The maximum atomic E-state index is 10.9. The van der Waals surface area contributed by atoms with E-state index in [2.05, 4.69) is 11.9 Å². The molecule has 0 aromatic heterocycles. The summed E-state index contributed by atoms with van der Waals surface area (Å²) >= 11 is 0. The van der Waals surface area contributed by atoms with Gasteiger partial charge in [0, 0.05) is 6.92 Å². The van der Waals surface area contributed by atoms with Gasteiger partial charge in [-0.05, 0) is 24.6 Å². The Hall–Kier alpha value is -1.77. The van der Waals surface area contributed by atoms with Crippen LogP contribution in [0.1, 0.15) is 12.5 Å². The molecule has 0 heterocycles. The summed E-state index contributed by atoms with van der Waals surface area (Å²) in [7, 11) is 0. The fourth-order valence-corrected chi connectivity index (χ4v) is 1.19. The number of hydrogen-bond acceptors (Lipinski definition) is 2. The van der Waals surface area contributed by atoms with Crippen molar-refractivity contribution in [1.29, 1.82) is 0 Å². The van der Waals surface area contributed by atoms with E-state index in [0.29, 0.717) is 18.0 Å². The van der Waals surface area contributed by atoms with E-state index in [1.54, 1.807) is 6.08 Å². The van der Waals surface area contributed by atoms with Gasteiger partial charge in [-0.2, -0.15) is 0 Å². The summed E-state index contributed by atoms with van der Waals surface area (Å²) in [4.78, 5) is 10.9. The van der Waals surface area contributed by atoms with Gasteiger partial charge >= 0.3 is 0 Å². The van der Waals surface area contributed by atoms with Crippen LogP contribution in [0.15, 0.2) is 30.9 Å². The molecule has 0 spiro atoms. The molecular formula is C12H15NO2. The first kappa shape index (κ1) is 11.3. The number of ether oxygens (including phenoxy) is 1. The SMILES string of the molecule is C=CCOc1cc(C)ccc1NC(C)=O. The molecule has 0 aliphatic heterocycles. The van der Waals surface area contributed by atoms with E-state index in [4.69, 9.17) is 4.74 Å². The van der Waals surface area contributed by atoms with Crippen molar-refractivity contribution in [2.24, 2.45) is 0 Å². The zero-order valence-corrected chi connectivity index (χ0v) is 9.04. The number of nitrogens with one attached hydrogen (secondary N) is 1. The molecule has 1 aromatic rings. The topological polar surface area (TPSA) is 38.3 Å². The molecule has 1 aromatic carbocycles. The van der Waals surface area contributed by atoms with Crippen LogP contribution in [0.3, 0.4) is 0 Å². The molecule has 15 heavy (non-hydrogen) atoms. The number of amides is 1. The Morgan fingerprint density at radius 1 is 1.60 bits per heavy atom. The lowest BCUT2D eigenvalue weighted by Gasteiger charge is -2.11. The highest BCUT2D eigenvalue weighted by molar-refractivity contribution is 5.90. The summed E-state index contributed by atoms with van der Waals surface area (Å²) < 4.78 is 5.44. The molecule has 0 unspecified atom stereocenters. The van der Waals surface area contributed by atoms with Crippen molar-refractivity contribution in [1.82, 2.24) is 0 Å². The third kappa shape index (κ3) is 3.46. The summed E-state index contributed by atoms with van der Waals surface area (Å²) in [6, 6.07) is 5.63. The Balaban J connectivity index is 2.91. The predicted octanol–water partition coefficient (Wildman–Crippen LogP) is 2.52. The van der Waals surface area contributed by atoms with E-state index in [1.165, 1.54) is 6.92 Å². The molecule has 1 rings (SSSR count). The molecule has 1 N–H and O–H groups in total. The first-order valence-corrected chi connectivity index (χ1v) is 4.75. The van der Waals surface area contributed by atoms with Crippen molar-refractivity contribution in [2.75, 3.05) is 11.9 Å². The van der Waals surface area contributed by atoms with Gasteiger partial charge in [-0.3, -0.25) is 4.79 Å². The Kier molecular flexibility index (Phi) is 3.92. The smallest absolute Gasteiger partial charge is 0.221 e. The van der Waals surface area contributed by atoms with Crippen LogP contribution in [0.2, 0.25) is 0 Å². The molecule has 0 saturated carbocycles. The van der Waals surface area contributed by atoms with Crippen molar-refractivity contribution >= 4 is 11.6 Å². The van der Waals surface area contributed by atoms with Crippen molar-refractivity contribution in [2.45, 2.75) is 13.8 Å². The molecule has 1 amide bonds. The van der Waals surface area contributed by atoms with Gasteiger partial charge < -0.3 is 10.1 Å². The van der Waals surface area contributed by atoms with Gasteiger partial charge in [0.05, 0.1) is 5.69 Å². The number of hydrogen-bond donors (Lipinski definition) is 1. The normalized spacial score (nSPS) is 9.47. The number of benzene rings is 1. The number of aryl methyl sites for hydroxylation is 1. The first-order valence-electron chi connectivity index (χ1n) is 4.75. The maximum Gasteiger partial charge on any atom is 0.221 e. The monoisotopic (exact) mass is 205 g/mol. The average molecular weight is 205 g/mol. The lowest BCUT2D eigenvalue weighted by atomic mass is 10.2. The van der Waals surface area contributed by atoms with E-state index >= 15 is 0 Å². The van der Waals surface area contributed by atoms with Crippen LogP contribution in [0.4, 0.5) is 5.69 Å². The second-order valence-electron chi connectivity index (χ2n) is 3.28. The van der Waals surface area contributed by atoms with Crippen LogP contribution >= 0.6 is 0 Å². The average Bonchev–Trinajstić information content (AvgIpc) is 2.18. The number of rotatable bonds is 4. The van der Waals surface area contributed by atoms with Gasteiger partial charge in [0.1, 0.15) is 12.4 Å². The lowest BCUT2D eigenvalue weighted by molar-refractivity contribution is -0.114. The van der Waals surface area contributed by atoms with Gasteiger partial charge in [-0.25, -0.2) is 0 Å². The predicted molar refractivity (Wildman–Crippen MR) is 61.2 cm³/mol. The Morgan fingerprint density at radius 2 is 2.33 bits per heavy atom. The Bertz CT molecular complexity index is 372. The summed E-state index contributed by atoms with van der Waals surface area (Å²) in [6.45, 7) is 7.44. The fraction of sp³-hybridized carbons (Fsp3) is 0.250. The fourth-order valence-electron chi connectivity index (χ4n) is 1.19. The van der Waals surface area contributed by atoms with Crippen LogP contribution in [0, 0.1) is 6.92 Å². The molecular weight excluding hydrogens is 190 g/mol. The second kappa shape index (κ2) is 5.20. The maximum absolute atomic E-state index is 10.9. The highest BCUT2D eigenvalue weighted by Crippen LogP contribution is 2.25. The quantitative estimate of drug-likeness (QED) is 0.767. The minimum Gasteiger partial charge on any atom is -0.487 e. The third-order valence-electron chi connectivity index (χ3n) is 1.80. The molecule has 0 fully saturated rings. The summed E-state index contributed by atoms with van der Waals surface area (Å²) in [5.74, 6) is 0.562. The van der Waals surface area contributed by atoms with Crippen LogP contribution < -0.4 is 10.1 Å². The molecule has 3 heteroatoms. The zero-order valence-electron chi connectivity index (χ0n) is 9.04. The second-order valence-corrected chi connectivity index (χ2v) is 3.28. The van der Waals surface area contributed by atoms with Gasteiger partial charge in [-0.15, -0.1) is 0 Å². The summed E-state index contributed by atoms with van der Waals surface area (Å²) in [5.41, 5.74) is 1.78. The minimum absolute atomic E-state index is 0.109. The molecule has 0 saturated heterocycles. The van der Waals surface area contributed by atoms with Crippen LogP contribution in [-0.4, -0.2) is 12.5 Å². The highest BCUT2D eigenvalue weighted by Gasteiger charge is 2.04. The largest absolute Gasteiger partial charge is 0.487 e. The standard InChI is InChI=1S/C12H15NO2/c1-4-7-15-12-8-9(2)5-6-11(12)13-10(3)14/h4-6,8H,1,7H2,2-3H3,(H,13,14). The zero-order chi connectivity index (χ0) is 11.3. The molecule has 0 aliphatic rings.